The molecule has 2 aromatic rings. The predicted molar refractivity (Wildman–Crippen MR) is 134 cm³/mol. The topological polar surface area (TPSA) is 114 Å². The summed E-state index contributed by atoms with van der Waals surface area (Å²) < 4.78 is 5.28. The standard InChI is InChI=1S/C27H37N5O3/c1-2-15-32-16-13-27(19-28,14-17-32)31-25(33)22(18-20-9-5-3-4-6-10-20)29-24-21-11-7-8-12-23(21)35-26(34)30-24/h7-8,11-12,20,22H,2-6,9-10,13-18H2,1H3,(H,31,33)(H,29,30,34). The summed E-state index contributed by atoms with van der Waals surface area (Å²) >= 11 is 0. The molecule has 2 aliphatic rings. The molecule has 1 aromatic carbocycles. The average Bonchev–Trinajstić information content (AvgIpc) is 3.13. The van der Waals surface area contributed by atoms with Crippen LogP contribution in [0.15, 0.2) is 38.5 Å². The Morgan fingerprint density at radius 1 is 1.26 bits per heavy atom. The lowest BCUT2D eigenvalue weighted by Crippen LogP contribution is -2.56. The largest absolute Gasteiger partial charge is 0.418 e. The van der Waals surface area contributed by atoms with Gasteiger partial charge in [0, 0.05) is 13.1 Å². The number of rotatable bonds is 7. The van der Waals surface area contributed by atoms with E-state index in [1.807, 2.05) is 12.1 Å². The van der Waals surface area contributed by atoms with Crippen LogP contribution >= 0.6 is 0 Å². The van der Waals surface area contributed by atoms with Gasteiger partial charge in [0.25, 0.3) is 0 Å². The number of carbonyl (C=O) groups is 1. The molecule has 1 unspecified atom stereocenters. The molecule has 1 aromatic heterocycles. The molecule has 1 aliphatic heterocycles. The third-order valence-corrected chi connectivity index (χ3v) is 7.51. The van der Waals surface area contributed by atoms with Gasteiger partial charge in [-0.3, -0.25) is 14.8 Å². The molecule has 8 nitrogen and oxygen atoms in total. The number of fused-ring (bicyclic) bond motifs is 1. The summed E-state index contributed by atoms with van der Waals surface area (Å²) in [5.74, 6) is -0.439. The highest BCUT2D eigenvalue weighted by molar-refractivity contribution is 5.83. The van der Waals surface area contributed by atoms with Gasteiger partial charge in [-0.1, -0.05) is 57.6 Å². The Hall–Kier alpha value is -2.92. The lowest BCUT2D eigenvalue weighted by atomic mass is 9.87. The van der Waals surface area contributed by atoms with Gasteiger partial charge in [0.1, 0.15) is 22.7 Å². The van der Waals surface area contributed by atoms with Gasteiger partial charge in [0.15, 0.2) is 0 Å². The van der Waals surface area contributed by atoms with Gasteiger partial charge in [-0.2, -0.15) is 5.26 Å². The number of para-hydroxylation sites is 1. The summed E-state index contributed by atoms with van der Waals surface area (Å²) in [7, 11) is 0. The van der Waals surface area contributed by atoms with Crippen molar-refractivity contribution < 1.29 is 9.21 Å². The minimum Gasteiger partial charge on any atom is -0.409 e. The summed E-state index contributed by atoms with van der Waals surface area (Å²) in [4.78, 5) is 35.7. The normalized spacial score (nSPS) is 20.7. The van der Waals surface area contributed by atoms with Crippen molar-refractivity contribution in [3.8, 4) is 6.07 Å². The molecule has 2 fully saturated rings. The van der Waals surface area contributed by atoms with Gasteiger partial charge >= 0.3 is 5.76 Å². The second-order valence-electron chi connectivity index (χ2n) is 10.1. The lowest BCUT2D eigenvalue weighted by molar-refractivity contribution is -0.124. The van der Waals surface area contributed by atoms with Gasteiger partial charge in [-0.15, -0.1) is 0 Å². The minimum absolute atomic E-state index is 0.231. The Labute approximate surface area is 206 Å². The number of piperidine rings is 1. The SMILES string of the molecule is CCCN1CCC(C#N)(NC(=O)C(CC2CCCCCC2)/N=c2\[nH]c(=O)oc3ccccc23)CC1. The Balaban J connectivity index is 1.63. The number of likely N-dealkylation sites (tertiary alicyclic amines) is 1. The first-order valence-electron chi connectivity index (χ1n) is 13.1. The van der Waals surface area contributed by atoms with Gasteiger partial charge in [0.2, 0.25) is 5.91 Å². The van der Waals surface area contributed by atoms with Crippen molar-refractivity contribution in [3.63, 3.8) is 0 Å². The van der Waals surface area contributed by atoms with Crippen LogP contribution in [0.3, 0.4) is 0 Å². The Morgan fingerprint density at radius 3 is 2.66 bits per heavy atom. The fourth-order valence-electron chi connectivity index (χ4n) is 5.49. The second-order valence-corrected chi connectivity index (χ2v) is 10.1. The third-order valence-electron chi connectivity index (χ3n) is 7.51. The van der Waals surface area contributed by atoms with Crippen molar-refractivity contribution in [2.45, 2.75) is 82.7 Å². The summed E-state index contributed by atoms with van der Waals surface area (Å²) in [6.45, 7) is 4.75. The fraction of sp³-hybridized carbons (Fsp3) is 0.630. The average molecular weight is 480 g/mol. The van der Waals surface area contributed by atoms with Crippen molar-refractivity contribution in [3.05, 3.63) is 40.3 Å². The summed E-state index contributed by atoms with van der Waals surface area (Å²) in [6, 6.07) is 8.93. The number of nitrogens with zero attached hydrogens (tertiary/aromatic N) is 3. The van der Waals surface area contributed by atoms with Crippen LogP contribution in [0.5, 0.6) is 0 Å². The molecule has 1 saturated carbocycles. The second kappa shape index (κ2) is 11.7. The Kier molecular flexibility index (Phi) is 8.40. The van der Waals surface area contributed by atoms with Crippen LogP contribution in [-0.4, -0.2) is 47.0 Å². The Morgan fingerprint density at radius 2 is 1.97 bits per heavy atom. The van der Waals surface area contributed by atoms with Gasteiger partial charge in [0.05, 0.1) is 11.5 Å². The number of aromatic amines is 1. The molecule has 1 atom stereocenters. The van der Waals surface area contributed by atoms with Gasteiger partial charge in [-0.05, 0) is 50.3 Å². The van der Waals surface area contributed by atoms with Crippen LogP contribution < -0.4 is 16.6 Å². The lowest BCUT2D eigenvalue weighted by Gasteiger charge is -2.38. The van der Waals surface area contributed by atoms with Crippen molar-refractivity contribution in [2.24, 2.45) is 10.9 Å². The van der Waals surface area contributed by atoms with Crippen LogP contribution in [0.2, 0.25) is 0 Å². The number of nitrogens with one attached hydrogen (secondary N) is 2. The number of H-pyrrole nitrogens is 1. The molecule has 188 valence electrons. The monoisotopic (exact) mass is 479 g/mol. The van der Waals surface area contributed by atoms with E-state index in [-0.39, 0.29) is 5.91 Å². The maximum absolute atomic E-state index is 13.7. The molecular formula is C27H37N5O3. The molecule has 35 heavy (non-hydrogen) atoms. The molecule has 1 amide bonds. The summed E-state index contributed by atoms with van der Waals surface area (Å²) in [6.07, 6.45) is 9.85. The summed E-state index contributed by atoms with van der Waals surface area (Å²) in [5.41, 5.74) is -0.0881. The number of aromatic nitrogens is 1. The number of amides is 1. The zero-order valence-electron chi connectivity index (χ0n) is 20.7. The van der Waals surface area contributed by atoms with E-state index >= 15 is 0 Å². The van der Waals surface area contributed by atoms with E-state index in [2.05, 4.69) is 28.2 Å². The zero-order valence-corrected chi connectivity index (χ0v) is 20.7. The van der Waals surface area contributed by atoms with E-state index in [1.165, 1.54) is 25.7 Å². The van der Waals surface area contributed by atoms with Gasteiger partial charge in [-0.25, -0.2) is 4.79 Å². The van der Waals surface area contributed by atoms with Crippen molar-refractivity contribution >= 4 is 16.9 Å². The quantitative estimate of drug-likeness (QED) is 0.589. The van der Waals surface area contributed by atoms with E-state index in [0.717, 1.165) is 38.9 Å². The van der Waals surface area contributed by atoms with Gasteiger partial charge < -0.3 is 14.6 Å². The van der Waals surface area contributed by atoms with Crippen LogP contribution in [-0.2, 0) is 4.79 Å². The number of hydrogen-bond acceptors (Lipinski definition) is 6. The van der Waals surface area contributed by atoms with E-state index in [9.17, 15) is 14.9 Å². The van der Waals surface area contributed by atoms with Crippen LogP contribution in [0.4, 0.5) is 0 Å². The number of carbonyl (C=O) groups excluding carboxylic acids is 1. The van der Waals surface area contributed by atoms with E-state index in [4.69, 9.17) is 9.41 Å². The molecule has 1 aliphatic carbocycles. The summed E-state index contributed by atoms with van der Waals surface area (Å²) in [5, 5.41) is 13.8. The van der Waals surface area contributed by atoms with Crippen LogP contribution in [0.25, 0.3) is 11.0 Å². The zero-order chi connectivity index (χ0) is 24.7. The highest BCUT2D eigenvalue weighted by atomic mass is 16.4. The molecule has 0 bridgehead atoms. The highest BCUT2D eigenvalue weighted by Crippen LogP contribution is 2.28. The minimum atomic E-state index is -0.875. The fourth-order valence-corrected chi connectivity index (χ4v) is 5.49. The molecule has 0 radical (unpaired) electrons. The van der Waals surface area contributed by atoms with E-state index < -0.39 is 17.3 Å². The molecule has 8 heteroatoms. The molecule has 2 heterocycles. The third kappa shape index (κ3) is 6.40. The van der Waals surface area contributed by atoms with Crippen molar-refractivity contribution in [2.75, 3.05) is 19.6 Å². The first kappa shape index (κ1) is 25.2. The molecule has 4 rings (SSSR count). The van der Waals surface area contributed by atoms with Crippen LogP contribution in [0, 0.1) is 17.2 Å². The predicted octanol–water partition coefficient (Wildman–Crippen LogP) is 3.64. The molecule has 2 N–H and O–H groups in total. The van der Waals surface area contributed by atoms with Crippen molar-refractivity contribution in [1.82, 2.24) is 15.2 Å². The highest BCUT2D eigenvalue weighted by Gasteiger charge is 2.38. The van der Waals surface area contributed by atoms with E-state index in [0.29, 0.717) is 41.6 Å². The Bertz CT molecular complexity index is 1160. The number of benzene rings is 1. The molecule has 1 saturated heterocycles. The first-order chi connectivity index (χ1) is 17.0. The van der Waals surface area contributed by atoms with E-state index in [1.54, 1.807) is 12.1 Å². The van der Waals surface area contributed by atoms with Crippen LogP contribution in [0.1, 0.15) is 71.1 Å². The smallest absolute Gasteiger partial charge is 0.409 e. The number of nitriles is 1. The number of hydrogen-bond donors (Lipinski definition) is 2. The maximum Gasteiger partial charge on any atom is 0.418 e. The molecule has 0 spiro atoms. The molecular weight excluding hydrogens is 442 g/mol. The first-order valence-corrected chi connectivity index (χ1v) is 13.1. The van der Waals surface area contributed by atoms with Crippen molar-refractivity contribution in [1.29, 1.82) is 5.26 Å². The maximum atomic E-state index is 13.7.